The zero-order valence-electron chi connectivity index (χ0n) is 29.4. The Morgan fingerprint density at radius 3 is 2.33 bits per heavy atom. The molecule has 1 fully saturated rings. The number of piperidine rings is 1. The van der Waals surface area contributed by atoms with Gasteiger partial charge in [-0.1, -0.05) is 47.6 Å². The van der Waals surface area contributed by atoms with E-state index in [0.29, 0.717) is 64.2 Å². The summed E-state index contributed by atoms with van der Waals surface area (Å²) in [6.45, 7) is 6.88. The average molecular weight is 703 g/mol. The standard InChI is InChI=1S/C36H46N8O7/c1-4-41(3)33(45)31-24-28(27-12-14-30(15-13-27)44(48)49)25-32(39-31)34(46)43(26-50-23-18-38-40-37)20-9-19-42-21-16-36(17-22-42,35(47)51-5-2)29-10-7-6-8-11-29/h6-8,10-15,24-25,28,39H,4-5,9,16-23,26H2,1-3H3. The van der Waals surface area contributed by atoms with Crippen LogP contribution >= 0.6 is 0 Å². The van der Waals surface area contributed by atoms with Crippen LogP contribution in [0, 0.1) is 10.1 Å². The Bertz CT molecular complexity index is 1630. The maximum Gasteiger partial charge on any atom is 0.316 e. The van der Waals surface area contributed by atoms with Crippen LogP contribution in [0.5, 0.6) is 0 Å². The van der Waals surface area contributed by atoms with E-state index in [2.05, 4.69) is 20.2 Å². The van der Waals surface area contributed by atoms with Gasteiger partial charge in [-0.15, -0.1) is 0 Å². The fourth-order valence-corrected chi connectivity index (χ4v) is 6.25. The number of allylic oxidation sites excluding steroid dienone is 2. The van der Waals surface area contributed by atoms with Crippen LogP contribution in [0.3, 0.4) is 0 Å². The number of amides is 2. The van der Waals surface area contributed by atoms with Gasteiger partial charge in [0.1, 0.15) is 18.1 Å². The summed E-state index contributed by atoms with van der Waals surface area (Å²) in [6, 6.07) is 15.8. The maximum absolute atomic E-state index is 14.1. The van der Waals surface area contributed by atoms with E-state index in [1.165, 1.54) is 21.9 Å². The highest BCUT2D eigenvalue weighted by Gasteiger charge is 2.44. The summed E-state index contributed by atoms with van der Waals surface area (Å²) in [5.74, 6) is -1.42. The molecule has 2 aliphatic heterocycles. The summed E-state index contributed by atoms with van der Waals surface area (Å²) in [5, 5.41) is 17.8. The van der Waals surface area contributed by atoms with E-state index in [0.717, 1.165) is 5.56 Å². The van der Waals surface area contributed by atoms with Crippen molar-refractivity contribution in [2.75, 3.05) is 66.3 Å². The number of nitro groups is 1. The van der Waals surface area contributed by atoms with Crippen LogP contribution < -0.4 is 5.32 Å². The van der Waals surface area contributed by atoms with Gasteiger partial charge in [-0.25, -0.2) is 0 Å². The summed E-state index contributed by atoms with van der Waals surface area (Å²) >= 11 is 0. The van der Waals surface area contributed by atoms with Gasteiger partial charge in [0.15, 0.2) is 0 Å². The van der Waals surface area contributed by atoms with Crippen molar-refractivity contribution >= 4 is 23.5 Å². The SMILES string of the molecule is CCOC(=O)C1(c2ccccc2)CCN(CCCN(COCCN=[N+]=[N-])C(=O)C2=CC(c3ccc([N+](=O)[O-])cc3)C=C(C(=O)N(C)CC)N2)CC1. The van der Waals surface area contributed by atoms with E-state index in [-0.39, 0.29) is 48.8 Å². The molecule has 2 aliphatic rings. The predicted octanol–water partition coefficient (Wildman–Crippen LogP) is 4.63. The quantitative estimate of drug-likeness (QED) is 0.0359. The second-order valence-corrected chi connectivity index (χ2v) is 12.4. The number of likely N-dealkylation sites (N-methyl/N-ethyl adjacent to an activating group) is 1. The molecule has 0 aliphatic carbocycles. The molecule has 4 rings (SSSR count). The van der Waals surface area contributed by atoms with Crippen LogP contribution in [0.1, 0.15) is 50.2 Å². The molecule has 15 heteroatoms. The van der Waals surface area contributed by atoms with Crippen molar-refractivity contribution in [3.05, 3.63) is 110 Å². The van der Waals surface area contributed by atoms with Crippen LogP contribution in [-0.4, -0.2) is 104 Å². The van der Waals surface area contributed by atoms with Crippen LogP contribution in [-0.2, 0) is 29.3 Å². The fourth-order valence-electron chi connectivity index (χ4n) is 6.25. The molecule has 0 aromatic heterocycles. The highest BCUT2D eigenvalue weighted by Crippen LogP contribution is 2.37. The smallest absolute Gasteiger partial charge is 0.316 e. The number of likely N-dealkylation sites (tertiary alicyclic amines) is 1. The number of esters is 1. The molecule has 1 atom stereocenters. The third-order valence-electron chi connectivity index (χ3n) is 9.27. The first-order chi connectivity index (χ1) is 24.6. The second kappa shape index (κ2) is 18.7. The number of hydrogen-bond acceptors (Lipinski definition) is 10. The molecule has 1 N–H and O–H groups in total. The van der Waals surface area contributed by atoms with E-state index >= 15 is 0 Å². The number of azide groups is 1. The Morgan fingerprint density at radius 2 is 1.73 bits per heavy atom. The number of nitro benzene ring substituents is 1. The minimum atomic E-state index is -0.705. The molecule has 0 spiro atoms. The summed E-state index contributed by atoms with van der Waals surface area (Å²) in [5.41, 5.74) is 9.89. The molecular formula is C36H46N8O7. The Labute approximate surface area is 297 Å². The number of hydrogen-bond donors (Lipinski definition) is 1. The largest absolute Gasteiger partial charge is 0.465 e. The Balaban J connectivity index is 1.49. The third-order valence-corrected chi connectivity index (χ3v) is 9.27. The molecule has 1 saturated heterocycles. The van der Waals surface area contributed by atoms with Gasteiger partial charge in [-0.05, 0) is 81.6 Å². The minimum absolute atomic E-state index is 0.0663. The number of benzene rings is 2. The summed E-state index contributed by atoms with van der Waals surface area (Å²) in [7, 11) is 1.66. The van der Waals surface area contributed by atoms with Gasteiger partial charge in [0.05, 0.1) is 23.6 Å². The fraction of sp³-hybridized carbons (Fsp3) is 0.472. The first-order valence-corrected chi connectivity index (χ1v) is 17.2. The second-order valence-electron chi connectivity index (χ2n) is 12.4. The number of carbonyl (C=O) groups is 3. The topological polar surface area (TPSA) is 183 Å². The van der Waals surface area contributed by atoms with Crippen LogP contribution in [0.4, 0.5) is 5.69 Å². The summed E-state index contributed by atoms with van der Waals surface area (Å²) in [6.07, 6.45) is 5.22. The van der Waals surface area contributed by atoms with Crippen molar-refractivity contribution in [1.82, 2.24) is 20.0 Å². The molecule has 2 aromatic rings. The van der Waals surface area contributed by atoms with Crippen molar-refractivity contribution in [1.29, 1.82) is 0 Å². The molecular weight excluding hydrogens is 656 g/mol. The molecule has 0 bridgehead atoms. The number of dihydropyridines is 1. The molecule has 272 valence electrons. The molecule has 0 saturated carbocycles. The van der Waals surface area contributed by atoms with Crippen molar-refractivity contribution in [3.8, 4) is 0 Å². The van der Waals surface area contributed by atoms with Crippen LogP contribution in [0.15, 0.2) is 83.3 Å². The molecule has 2 heterocycles. The number of nitrogens with one attached hydrogen (secondary N) is 1. The van der Waals surface area contributed by atoms with Crippen LogP contribution in [0.2, 0.25) is 0 Å². The first kappa shape index (κ1) is 38.6. The summed E-state index contributed by atoms with van der Waals surface area (Å²) in [4.78, 5) is 59.4. The molecule has 1 unspecified atom stereocenters. The predicted molar refractivity (Wildman–Crippen MR) is 190 cm³/mol. The highest BCUT2D eigenvalue weighted by molar-refractivity contribution is 5.99. The van der Waals surface area contributed by atoms with Gasteiger partial charge in [-0.3, -0.25) is 24.5 Å². The van der Waals surface area contributed by atoms with E-state index in [9.17, 15) is 24.5 Å². The molecule has 15 nitrogen and oxygen atoms in total. The number of rotatable bonds is 17. The van der Waals surface area contributed by atoms with Gasteiger partial charge in [0.2, 0.25) is 0 Å². The van der Waals surface area contributed by atoms with Gasteiger partial charge in [0, 0.05) is 49.6 Å². The number of carbonyl (C=O) groups excluding carboxylic acids is 3. The van der Waals surface area contributed by atoms with Gasteiger partial charge in [-0.2, -0.15) is 0 Å². The van der Waals surface area contributed by atoms with E-state index in [4.69, 9.17) is 15.0 Å². The summed E-state index contributed by atoms with van der Waals surface area (Å²) < 4.78 is 11.2. The molecule has 2 amide bonds. The van der Waals surface area contributed by atoms with Gasteiger partial charge >= 0.3 is 5.97 Å². The lowest BCUT2D eigenvalue weighted by molar-refractivity contribution is -0.384. The van der Waals surface area contributed by atoms with Crippen LogP contribution in [0.25, 0.3) is 10.4 Å². The monoisotopic (exact) mass is 702 g/mol. The van der Waals surface area contributed by atoms with Crippen molar-refractivity contribution in [2.24, 2.45) is 5.11 Å². The Hall–Kier alpha value is -5.24. The van der Waals surface area contributed by atoms with Crippen molar-refractivity contribution < 1.29 is 28.8 Å². The zero-order valence-corrected chi connectivity index (χ0v) is 29.4. The Kier molecular flexibility index (Phi) is 14.1. The highest BCUT2D eigenvalue weighted by atomic mass is 16.6. The number of nitrogens with zero attached hydrogens (tertiary/aromatic N) is 7. The van der Waals surface area contributed by atoms with E-state index in [1.807, 2.05) is 44.2 Å². The number of ether oxygens (including phenoxy) is 2. The maximum atomic E-state index is 14.1. The van der Waals surface area contributed by atoms with Gasteiger partial charge < -0.3 is 29.5 Å². The minimum Gasteiger partial charge on any atom is -0.465 e. The van der Waals surface area contributed by atoms with E-state index < -0.39 is 22.2 Å². The third kappa shape index (κ3) is 9.94. The molecule has 2 aromatic carbocycles. The lowest BCUT2D eigenvalue weighted by Gasteiger charge is -2.40. The molecule has 51 heavy (non-hydrogen) atoms. The van der Waals surface area contributed by atoms with Crippen molar-refractivity contribution in [2.45, 2.75) is 44.4 Å². The van der Waals surface area contributed by atoms with Gasteiger partial charge in [0.25, 0.3) is 17.5 Å². The Morgan fingerprint density at radius 1 is 1.06 bits per heavy atom. The lowest BCUT2D eigenvalue weighted by Crippen LogP contribution is -2.48. The van der Waals surface area contributed by atoms with Crippen molar-refractivity contribution in [3.63, 3.8) is 0 Å². The van der Waals surface area contributed by atoms with E-state index in [1.54, 1.807) is 31.3 Å². The average Bonchev–Trinajstić information content (AvgIpc) is 3.16. The lowest BCUT2D eigenvalue weighted by atomic mass is 9.72. The molecule has 0 radical (unpaired) electrons. The first-order valence-electron chi connectivity index (χ1n) is 17.2. The number of non-ortho nitro benzene ring substituents is 1. The normalized spacial score (nSPS) is 16.8. The zero-order chi connectivity index (χ0) is 36.8.